The number of carbonyl (C=O) groups excluding carboxylic acids is 4. The summed E-state index contributed by atoms with van der Waals surface area (Å²) < 4.78 is 22.6. The second-order valence-electron chi connectivity index (χ2n) is 16.8. The van der Waals surface area contributed by atoms with Crippen LogP contribution in [0.3, 0.4) is 0 Å². The van der Waals surface area contributed by atoms with Gasteiger partial charge in [-0.1, -0.05) is 52.0 Å². The quantitative estimate of drug-likeness (QED) is 0.135. The molecule has 4 aliphatic rings. The molecule has 61 heavy (non-hydrogen) atoms. The van der Waals surface area contributed by atoms with E-state index in [1.54, 1.807) is 22.2 Å². The highest BCUT2D eigenvalue weighted by Crippen LogP contribution is 2.47. The number of nitrogens with one attached hydrogen (secondary N) is 4. The Morgan fingerprint density at radius 3 is 1.72 bits per heavy atom. The predicted molar refractivity (Wildman–Crippen MR) is 226 cm³/mol. The first-order valence-corrected chi connectivity index (χ1v) is 21.1. The summed E-state index contributed by atoms with van der Waals surface area (Å²) in [6, 6.07) is 10.3. The zero-order chi connectivity index (χ0) is 43.1. The van der Waals surface area contributed by atoms with Gasteiger partial charge in [0.25, 0.3) is 0 Å². The molecular formula is C45H54N8O8. The monoisotopic (exact) mass is 834 g/mol. The number of H-pyrrole nitrogens is 2. The van der Waals surface area contributed by atoms with Gasteiger partial charge in [-0.05, 0) is 56.6 Å². The highest BCUT2D eigenvalue weighted by atomic mass is 16.5. The van der Waals surface area contributed by atoms with Gasteiger partial charge in [-0.15, -0.1) is 0 Å². The number of likely N-dealkylation sites (tertiary alicyclic amines) is 2. The standard InChI is InChI=1S/C45H54N8O8/c1-23(2)38(50-44(56)58-6)42(54)52-16-8-10-33(52)40-46-20-31(48-40)26-13-15-29-35(18-26)60-22-30-28-14-12-27(19-36(28)61-25(5)37(29)30)32-21-47-41(49-32)34-11-9-17-53(34)43(55)39(24(3)4)51-45(57)59-7/h12-15,18-21,23-25,33-34,38-39H,8-11,16-17,22H2,1-7H3,(H,46,48)(H,47,49)(H,50,56)(H,51,57)/t25?,33-,34-,38?,39?/m0/s1. The van der Waals surface area contributed by atoms with Crippen LogP contribution >= 0.6 is 0 Å². The summed E-state index contributed by atoms with van der Waals surface area (Å²) in [5, 5.41) is 5.40. The van der Waals surface area contributed by atoms with Crippen LogP contribution < -0.4 is 20.1 Å². The van der Waals surface area contributed by atoms with Gasteiger partial charge in [0.15, 0.2) is 0 Å². The molecule has 0 aliphatic carbocycles. The fourth-order valence-electron chi connectivity index (χ4n) is 9.09. The average Bonchev–Trinajstić information content (AvgIpc) is 4.10. The summed E-state index contributed by atoms with van der Waals surface area (Å²) in [4.78, 5) is 71.3. The van der Waals surface area contributed by atoms with Crippen LogP contribution in [0.1, 0.15) is 95.2 Å². The molecule has 3 unspecified atom stereocenters. The van der Waals surface area contributed by atoms with Gasteiger partial charge in [0, 0.05) is 46.5 Å². The Balaban J connectivity index is 0.989. The fraction of sp³-hybridized carbons (Fsp3) is 0.467. The van der Waals surface area contributed by atoms with Crippen LogP contribution in [0, 0.1) is 11.8 Å². The lowest BCUT2D eigenvalue weighted by Gasteiger charge is -2.34. The molecule has 8 rings (SSSR count). The van der Waals surface area contributed by atoms with E-state index in [-0.39, 0.29) is 41.8 Å². The molecule has 5 atom stereocenters. The van der Waals surface area contributed by atoms with Crippen molar-refractivity contribution in [2.24, 2.45) is 11.8 Å². The smallest absolute Gasteiger partial charge is 0.407 e. The number of carbonyl (C=O) groups is 4. The number of benzene rings is 2. The predicted octanol–water partition coefficient (Wildman–Crippen LogP) is 6.64. The van der Waals surface area contributed by atoms with Gasteiger partial charge in [-0.3, -0.25) is 9.59 Å². The fourth-order valence-corrected chi connectivity index (χ4v) is 9.09. The SMILES string of the molecule is COC(=O)NC(C(=O)N1CCC[C@H]1c1ncc(-c2ccc3c(c2)OC(C)C2=C3COc3cc(-c4cnc([C@@H]5CCCN5C(=O)C(NC(=O)OC)C(C)C)[nH]4)ccc32)[nH]1)C(C)C. The van der Waals surface area contributed by atoms with E-state index >= 15 is 0 Å². The van der Waals surface area contributed by atoms with Crippen molar-refractivity contribution in [2.45, 2.75) is 90.6 Å². The van der Waals surface area contributed by atoms with Crippen molar-refractivity contribution in [3.8, 4) is 34.0 Å². The maximum atomic E-state index is 13.7. The number of rotatable bonds is 10. The Morgan fingerprint density at radius 1 is 0.738 bits per heavy atom. The van der Waals surface area contributed by atoms with E-state index < -0.39 is 24.3 Å². The Kier molecular flexibility index (Phi) is 11.5. The van der Waals surface area contributed by atoms with Crippen molar-refractivity contribution in [2.75, 3.05) is 33.9 Å². The Hall–Kier alpha value is -6.32. The minimum atomic E-state index is -0.708. The van der Waals surface area contributed by atoms with Crippen LogP contribution in [0.4, 0.5) is 9.59 Å². The van der Waals surface area contributed by atoms with Crippen LogP contribution in [0.15, 0.2) is 48.8 Å². The van der Waals surface area contributed by atoms with Crippen molar-refractivity contribution < 1.29 is 38.1 Å². The van der Waals surface area contributed by atoms with Gasteiger partial charge in [-0.25, -0.2) is 19.6 Å². The summed E-state index contributed by atoms with van der Waals surface area (Å²) in [6.07, 6.45) is 5.24. The Labute approximate surface area is 354 Å². The highest BCUT2D eigenvalue weighted by molar-refractivity contribution is 5.99. The number of imidazole rings is 2. The minimum Gasteiger partial charge on any atom is -0.488 e. The van der Waals surface area contributed by atoms with Crippen LogP contribution in [0.25, 0.3) is 33.7 Å². The maximum Gasteiger partial charge on any atom is 0.407 e. The van der Waals surface area contributed by atoms with E-state index in [2.05, 4.69) is 32.7 Å². The van der Waals surface area contributed by atoms with Crippen molar-refractivity contribution >= 4 is 35.1 Å². The molecule has 4 amide bonds. The second kappa shape index (κ2) is 17.0. The number of aromatic amines is 2. The third-order valence-corrected chi connectivity index (χ3v) is 12.3. The summed E-state index contributed by atoms with van der Waals surface area (Å²) >= 11 is 0. The van der Waals surface area contributed by atoms with Crippen molar-refractivity contribution in [1.82, 2.24) is 40.4 Å². The zero-order valence-corrected chi connectivity index (χ0v) is 35.7. The van der Waals surface area contributed by atoms with Gasteiger partial charge in [0.1, 0.15) is 47.9 Å². The van der Waals surface area contributed by atoms with Crippen molar-refractivity contribution in [1.29, 1.82) is 0 Å². The van der Waals surface area contributed by atoms with E-state index in [9.17, 15) is 19.2 Å². The summed E-state index contributed by atoms with van der Waals surface area (Å²) in [7, 11) is 2.57. The molecule has 322 valence electrons. The molecule has 4 N–H and O–H groups in total. The number of hydrogen-bond donors (Lipinski definition) is 4. The Bertz CT molecular complexity index is 2370. The maximum absolute atomic E-state index is 13.7. The highest BCUT2D eigenvalue weighted by Gasteiger charge is 2.40. The lowest BCUT2D eigenvalue weighted by atomic mass is 9.86. The molecule has 2 aromatic heterocycles. The summed E-state index contributed by atoms with van der Waals surface area (Å²) in [6.45, 7) is 11.2. The number of methoxy groups -OCH3 is 2. The first kappa shape index (κ1) is 41.4. The molecule has 4 aromatic rings. The number of aromatic nitrogens is 4. The largest absolute Gasteiger partial charge is 0.488 e. The number of alkyl carbamates (subject to hydrolysis) is 2. The molecule has 2 saturated heterocycles. The molecule has 0 spiro atoms. The van der Waals surface area contributed by atoms with Gasteiger partial charge >= 0.3 is 12.2 Å². The van der Waals surface area contributed by atoms with E-state index in [1.807, 2.05) is 58.9 Å². The second-order valence-corrected chi connectivity index (χ2v) is 16.8. The van der Waals surface area contributed by atoms with Crippen molar-refractivity contribution in [3.63, 3.8) is 0 Å². The molecule has 0 saturated carbocycles. The molecule has 0 radical (unpaired) electrons. The molecule has 0 bridgehead atoms. The minimum absolute atomic E-state index is 0.122. The van der Waals surface area contributed by atoms with E-state index in [0.29, 0.717) is 31.3 Å². The molecule has 16 heteroatoms. The molecule has 4 aliphatic heterocycles. The number of hydrogen-bond acceptors (Lipinski definition) is 10. The molecule has 6 heterocycles. The van der Waals surface area contributed by atoms with E-state index in [1.165, 1.54) is 14.2 Å². The third kappa shape index (κ3) is 7.90. The van der Waals surface area contributed by atoms with E-state index in [4.69, 9.17) is 28.9 Å². The first-order chi connectivity index (χ1) is 29.4. The topological polar surface area (TPSA) is 193 Å². The molecular weight excluding hydrogens is 781 g/mol. The number of nitrogens with zero attached hydrogens (tertiary/aromatic N) is 4. The van der Waals surface area contributed by atoms with Gasteiger partial charge in [0.2, 0.25) is 11.8 Å². The normalized spacial score (nSPS) is 20.3. The van der Waals surface area contributed by atoms with Crippen LogP contribution in [0.2, 0.25) is 0 Å². The summed E-state index contributed by atoms with van der Waals surface area (Å²) in [5.41, 5.74) is 7.51. The van der Waals surface area contributed by atoms with Gasteiger partial charge < -0.3 is 49.3 Å². The lowest BCUT2D eigenvalue weighted by Crippen LogP contribution is -2.51. The third-order valence-electron chi connectivity index (χ3n) is 12.3. The molecule has 16 nitrogen and oxygen atoms in total. The zero-order valence-electron chi connectivity index (χ0n) is 35.7. The van der Waals surface area contributed by atoms with Crippen LogP contribution in [-0.2, 0) is 19.1 Å². The molecule has 2 aromatic carbocycles. The number of amides is 4. The van der Waals surface area contributed by atoms with Gasteiger partial charge in [0.05, 0.1) is 50.1 Å². The lowest BCUT2D eigenvalue weighted by molar-refractivity contribution is -0.136. The number of fused-ring (bicyclic) bond motifs is 4. The van der Waals surface area contributed by atoms with Crippen LogP contribution in [0.5, 0.6) is 11.5 Å². The first-order valence-electron chi connectivity index (χ1n) is 21.1. The van der Waals surface area contributed by atoms with E-state index in [0.717, 1.165) is 82.0 Å². The molecule has 2 fully saturated rings. The number of ether oxygens (including phenoxy) is 4. The Morgan fingerprint density at radius 2 is 1.23 bits per heavy atom. The van der Waals surface area contributed by atoms with Crippen molar-refractivity contribution in [3.05, 3.63) is 71.6 Å². The van der Waals surface area contributed by atoms with Crippen LogP contribution in [-0.4, -0.2) is 106 Å². The van der Waals surface area contributed by atoms with Gasteiger partial charge in [-0.2, -0.15) is 0 Å². The average molecular weight is 835 g/mol. The summed E-state index contributed by atoms with van der Waals surface area (Å²) in [5.74, 6) is 2.34.